The van der Waals surface area contributed by atoms with Gasteiger partial charge in [0, 0.05) is 35.5 Å². The minimum absolute atomic E-state index is 0.0237. The van der Waals surface area contributed by atoms with E-state index < -0.39 is 0 Å². The zero-order valence-electron chi connectivity index (χ0n) is 20.6. The lowest BCUT2D eigenvalue weighted by Gasteiger charge is -2.50. The van der Waals surface area contributed by atoms with Crippen LogP contribution in [0.2, 0.25) is 0 Å². The maximum absolute atomic E-state index is 9.35. The minimum atomic E-state index is -0.0597. The summed E-state index contributed by atoms with van der Waals surface area (Å²) in [6.07, 6.45) is 13.1. The van der Waals surface area contributed by atoms with Crippen LogP contribution in [0.15, 0.2) is 23.3 Å². The second kappa shape index (κ2) is 11.2. The highest BCUT2D eigenvalue weighted by Gasteiger charge is 2.55. The Labute approximate surface area is 204 Å². The van der Waals surface area contributed by atoms with Gasteiger partial charge in [-0.2, -0.15) is 0 Å². The third kappa shape index (κ3) is 4.61. The van der Waals surface area contributed by atoms with Gasteiger partial charge >= 0.3 is 0 Å². The van der Waals surface area contributed by atoms with Crippen LogP contribution in [0.1, 0.15) is 79.1 Å². The lowest BCUT2D eigenvalue weighted by molar-refractivity contribution is -0.0537. The molecule has 4 nitrogen and oxygen atoms in total. The van der Waals surface area contributed by atoms with Crippen molar-refractivity contribution in [3.63, 3.8) is 0 Å². The molecule has 32 heavy (non-hydrogen) atoms. The number of hydrogen-bond acceptors (Lipinski definition) is 6. The first-order valence-electron chi connectivity index (χ1n) is 12.5. The summed E-state index contributed by atoms with van der Waals surface area (Å²) in [6, 6.07) is 0. The van der Waals surface area contributed by atoms with Crippen LogP contribution in [0.3, 0.4) is 0 Å². The fraction of sp³-hybridized carbons (Fsp3) is 0.846. The van der Waals surface area contributed by atoms with Crippen molar-refractivity contribution in [2.24, 2.45) is 10.8 Å². The standard InChI is InChI=1S/2C13H22O2S/c2*1-3-11-5-4-6-13(15-9-10-16-13)12(11,2)7-8-14/h2*3,14H,4-10H2,1-2H3/b2*11-3+/t2*12-,13+/m11/s1. The molecule has 4 rings (SSSR count). The molecule has 0 bridgehead atoms. The Hall–Kier alpha value is 0.0200. The summed E-state index contributed by atoms with van der Waals surface area (Å²) >= 11 is 3.91. The predicted molar refractivity (Wildman–Crippen MR) is 137 cm³/mol. The van der Waals surface area contributed by atoms with Gasteiger partial charge in [-0.05, 0) is 65.2 Å². The van der Waals surface area contributed by atoms with E-state index in [1.54, 1.807) is 0 Å². The van der Waals surface area contributed by atoms with Gasteiger partial charge in [0.25, 0.3) is 0 Å². The summed E-state index contributed by atoms with van der Waals surface area (Å²) in [4.78, 5) is -0.119. The fourth-order valence-electron chi connectivity index (χ4n) is 6.53. The summed E-state index contributed by atoms with van der Waals surface area (Å²) < 4.78 is 12.2. The molecule has 0 amide bonds. The van der Waals surface area contributed by atoms with Crippen LogP contribution in [-0.2, 0) is 9.47 Å². The molecule has 0 unspecified atom stereocenters. The molecule has 2 aliphatic heterocycles. The van der Waals surface area contributed by atoms with Crippen LogP contribution >= 0.6 is 23.5 Å². The first-order valence-corrected chi connectivity index (χ1v) is 14.4. The van der Waals surface area contributed by atoms with Crippen molar-refractivity contribution in [1.82, 2.24) is 0 Å². The van der Waals surface area contributed by atoms with Gasteiger partial charge in [0.2, 0.25) is 0 Å². The quantitative estimate of drug-likeness (QED) is 0.482. The molecule has 2 spiro atoms. The van der Waals surface area contributed by atoms with Crippen molar-refractivity contribution in [1.29, 1.82) is 0 Å². The number of rotatable bonds is 4. The maximum atomic E-state index is 9.35. The van der Waals surface area contributed by atoms with Crippen molar-refractivity contribution >= 4 is 23.5 Å². The Bertz CT molecular complexity index is 621. The van der Waals surface area contributed by atoms with Crippen LogP contribution in [0, 0.1) is 10.8 Å². The number of ether oxygens (including phenoxy) is 2. The zero-order valence-corrected chi connectivity index (χ0v) is 22.2. The van der Waals surface area contributed by atoms with Crippen LogP contribution < -0.4 is 0 Å². The largest absolute Gasteiger partial charge is 0.396 e. The van der Waals surface area contributed by atoms with E-state index in [4.69, 9.17) is 9.47 Å². The highest BCUT2D eigenvalue weighted by molar-refractivity contribution is 8.01. The number of aliphatic hydroxyl groups is 2. The average Bonchev–Trinajstić information content (AvgIpc) is 3.45. The monoisotopic (exact) mass is 484 g/mol. The molecule has 0 aromatic carbocycles. The molecule has 4 atom stereocenters. The van der Waals surface area contributed by atoms with E-state index in [-0.39, 0.29) is 33.9 Å². The van der Waals surface area contributed by atoms with Gasteiger partial charge in [-0.25, -0.2) is 0 Å². The number of allylic oxidation sites excluding steroid dienone is 2. The third-order valence-corrected chi connectivity index (χ3v) is 11.7. The van der Waals surface area contributed by atoms with Crippen LogP contribution in [-0.4, -0.2) is 58.0 Å². The van der Waals surface area contributed by atoms with Crippen molar-refractivity contribution in [3.8, 4) is 0 Å². The molecule has 2 saturated heterocycles. The summed E-state index contributed by atoms with van der Waals surface area (Å²) in [6.45, 7) is 11.0. The Morgan fingerprint density at radius 3 is 1.47 bits per heavy atom. The van der Waals surface area contributed by atoms with Crippen LogP contribution in [0.4, 0.5) is 0 Å². The maximum Gasteiger partial charge on any atom is 0.122 e. The van der Waals surface area contributed by atoms with Crippen LogP contribution in [0.5, 0.6) is 0 Å². The first-order chi connectivity index (χ1) is 15.4. The molecule has 0 aromatic rings. The molecule has 2 N–H and O–H groups in total. The highest BCUT2D eigenvalue weighted by Crippen LogP contribution is 2.60. The molecule has 2 saturated carbocycles. The van der Waals surface area contributed by atoms with Crippen molar-refractivity contribution in [2.75, 3.05) is 37.9 Å². The van der Waals surface area contributed by atoms with E-state index in [0.717, 1.165) is 50.4 Å². The summed E-state index contributed by atoms with van der Waals surface area (Å²) in [5.41, 5.74) is 3.00. The van der Waals surface area contributed by atoms with E-state index in [2.05, 4.69) is 39.8 Å². The van der Waals surface area contributed by atoms with Crippen LogP contribution in [0.25, 0.3) is 0 Å². The molecular formula is C26H44O4S2. The van der Waals surface area contributed by atoms with E-state index in [0.29, 0.717) is 0 Å². The Kier molecular flexibility index (Phi) is 9.30. The van der Waals surface area contributed by atoms with Crippen molar-refractivity contribution in [2.45, 2.75) is 88.9 Å². The Morgan fingerprint density at radius 2 is 1.19 bits per heavy atom. The SMILES string of the molecule is C/C=C1\CCC[C@@]2(OCCS2)[C@]1(C)CCO.C/C=C1\CCC[C@@]2(OCCS2)[C@]1(C)CCO. The van der Waals surface area contributed by atoms with Gasteiger partial charge in [-0.3, -0.25) is 0 Å². The predicted octanol–water partition coefficient (Wildman–Crippen LogP) is 5.93. The molecule has 0 aromatic heterocycles. The second-order valence-corrected chi connectivity index (χ2v) is 12.6. The lowest BCUT2D eigenvalue weighted by Crippen LogP contribution is -2.48. The fourth-order valence-corrected chi connectivity index (χ4v) is 9.53. The Balaban J connectivity index is 0.000000181. The van der Waals surface area contributed by atoms with Gasteiger partial charge < -0.3 is 19.7 Å². The molecular weight excluding hydrogens is 440 g/mol. The first kappa shape index (κ1) is 26.6. The second-order valence-electron chi connectivity index (χ2n) is 9.85. The smallest absolute Gasteiger partial charge is 0.122 e. The van der Waals surface area contributed by atoms with Gasteiger partial charge in [-0.15, -0.1) is 23.5 Å². The molecule has 184 valence electrons. The third-order valence-electron chi connectivity index (χ3n) is 8.43. The van der Waals surface area contributed by atoms with Crippen molar-refractivity contribution < 1.29 is 19.7 Å². The summed E-state index contributed by atoms with van der Waals surface area (Å²) in [7, 11) is 0. The summed E-state index contributed by atoms with van der Waals surface area (Å²) in [5, 5.41) is 18.7. The molecule has 4 aliphatic rings. The highest BCUT2D eigenvalue weighted by atomic mass is 32.2. The van der Waals surface area contributed by atoms with E-state index >= 15 is 0 Å². The molecule has 2 aliphatic carbocycles. The number of thioether (sulfide) groups is 2. The molecule has 6 heteroatoms. The van der Waals surface area contributed by atoms with E-state index in [1.807, 2.05) is 23.5 Å². The summed E-state index contributed by atoms with van der Waals surface area (Å²) in [5.74, 6) is 2.19. The van der Waals surface area contributed by atoms with Gasteiger partial charge in [0.15, 0.2) is 0 Å². The number of hydrogen-bond donors (Lipinski definition) is 2. The molecule has 0 radical (unpaired) electrons. The average molecular weight is 485 g/mol. The number of aliphatic hydroxyl groups excluding tert-OH is 2. The van der Waals surface area contributed by atoms with Gasteiger partial charge in [-0.1, -0.05) is 37.1 Å². The lowest BCUT2D eigenvalue weighted by atomic mass is 9.67. The minimum Gasteiger partial charge on any atom is -0.396 e. The van der Waals surface area contributed by atoms with Gasteiger partial charge in [0.1, 0.15) is 9.87 Å². The van der Waals surface area contributed by atoms with E-state index in [1.165, 1.54) is 36.8 Å². The normalized spacial score (nSPS) is 42.1. The molecule has 4 fully saturated rings. The van der Waals surface area contributed by atoms with Gasteiger partial charge in [0.05, 0.1) is 13.2 Å². The topological polar surface area (TPSA) is 58.9 Å². The van der Waals surface area contributed by atoms with E-state index in [9.17, 15) is 10.2 Å². The van der Waals surface area contributed by atoms with Crippen molar-refractivity contribution in [3.05, 3.63) is 23.3 Å². The zero-order chi connectivity index (χ0) is 23.3. The Morgan fingerprint density at radius 1 is 0.781 bits per heavy atom. The molecule has 2 heterocycles.